The normalized spacial score (nSPS) is 10.8. The van der Waals surface area contributed by atoms with Crippen molar-refractivity contribution < 1.29 is 9.47 Å². The summed E-state index contributed by atoms with van der Waals surface area (Å²) in [6.07, 6.45) is 7.24. The summed E-state index contributed by atoms with van der Waals surface area (Å²) in [5.74, 6) is 0.835. The maximum Gasteiger partial charge on any atom is 0.155 e. The zero-order valence-electron chi connectivity index (χ0n) is 11.2. The van der Waals surface area contributed by atoms with Crippen LogP contribution in [0.25, 0.3) is 16.9 Å². The van der Waals surface area contributed by atoms with E-state index in [1.165, 1.54) is 0 Å². The van der Waals surface area contributed by atoms with Crippen LogP contribution in [0, 0.1) is 0 Å². The van der Waals surface area contributed by atoms with Crippen LogP contribution in [0.2, 0.25) is 0 Å². The molecule has 1 aromatic carbocycles. The van der Waals surface area contributed by atoms with E-state index < -0.39 is 0 Å². The van der Waals surface area contributed by atoms with Crippen LogP contribution in [0.15, 0.2) is 49.1 Å². The van der Waals surface area contributed by atoms with Crippen molar-refractivity contribution in [2.75, 3.05) is 20.3 Å². The molecule has 0 atom stereocenters. The summed E-state index contributed by atoms with van der Waals surface area (Å²) in [6.45, 7) is 1.14. The second kappa shape index (κ2) is 5.71. The quantitative estimate of drug-likeness (QED) is 0.667. The number of hydrogen-bond donors (Lipinski definition) is 0. The highest BCUT2D eigenvalue weighted by atomic mass is 16.5. The zero-order valence-corrected chi connectivity index (χ0v) is 11.2. The molecular weight excluding hydrogens is 254 g/mol. The molecule has 0 aliphatic heterocycles. The number of imidazole rings is 1. The van der Waals surface area contributed by atoms with Gasteiger partial charge in [0.05, 0.1) is 24.7 Å². The molecule has 3 aromatic rings. The van der Waals surface area contributed by atoms with Crippen LogP contribution < -0.4 is 4.74 Å². The highest BCUT2D eigenvalue weighted by molar-refractivity contribution is 5.63. The van der Waals surface area contributed by atoms with Crippen molar-refractivity contribution in [2.45, 2.75) is 0 Å². The van der Waals surface area contributed by atoms with E-state index in [-0.39, 0.29) is 0 Å². The van der Waals surface area contributed by atoms with Gasteiger partial charge in [0.25, 0.3) is 0 Å². The minimum atomic E-state index is 0.553. The lowest BCUT2D eigenvalue weighted by molar-refractivity contribution is 0.146. The number of methoxy groups -OCH3 is 1. The van der Waals surface area contributed by atoms with E-state index >= 15 is 0 Å². The van der Waals surface area contributed by atoms with Gasteiger partial charge in [-0.3, -0.25) is 9.38 Å². The Labute approximate surface area is 116 Å². The first-order valence-electron chi connectivity index (χ1n) is 6.38. The highest BCUT2D eigenvalue weighted by Gasteiger charge is 2.05. The predicted molar refractivity (Wildman–Crippen MR) is 75.8 cm³/mol. The molecule has 5 nitrogen and oxygen atoms in total. The van der Waals surface area contributed by atoms with E-state index in [0.717, 1.165) is 22.7 Å². The molecule has 0 fully saturated rings. The molecule has 20 heavy (non-hydrogen) atoms. The van der Waals surface area contributed by atoms with Gasteiger partial charge in [-0.1, -0.05) is 0 Å². The Bertz CT molecular complexity index is 692. The maximum atomic E-state index is 5.55. The fourth-order valence-corrected chi connectivity index (χ4v) is 2.02. The lowest BCUT2D eigenvalue weighted by Gasteiger charge is -2.06. The first kappa shape index (κ1) is 12.6. The number of nitrogens with zero attached hydrogens (tertiary/aromatic N) is 3. The van der Waals surface area contributed by atoms with E-state index in [1.54, 1.807) is 19.5 Å². The first-order chi connectivity index (χ1) is 9.88. The van der Waals surface area contributed by atoms with Crippen LogP contribution in [0.4, 0.5) is 0 Å². The molecule has 0 radical (unpaired) electrons. The number of rotatable bonds is 5. The van der Waals surface area contributed by atoms with Crippen molar-refractivity contribution in [3.63, 3.8) is 0 Å². The fraction of sp³-hybridized carbons (Fsp3) is 0.200. The minimum Gasteiger partial charge on any atom is -0.491 e. The maximum absolute atomic E-state index is 5.55. The van der Waals surface area contributed by atoms with Gasteiger partial charge in [0, 0.05) is 25.1 Å². The van der Waals surface area contributed by atoms with Crippen molar-refractivity contribution in [1.82, 2.24) is 14.4 Å². The number of aromatic nitrogens is 3. The second-order valence-electron chi connectivity index (χ2n) is 4.31. The molecule has 0 unspecified atom stereocenters. The Hall–Kier alpha value is -2.40. The Morgan fingerprint density at radius 2 is 1.95 bits per heavy atom. The van der Waals surface area contributed by atoms with Crippen molar-refractivity contribution in [1.29, 1.82) is 0 Å². The van der Waals surface area contributed by atoms with Crippen LogP contribution in [0.5, 0.6) is 5.75 Å². The molecule has 102 valence electrons. The first-order valence-corrected chi connectivity index (χ1v) is 6.38. The minimum absolute atomic E-state index is 0.553. The van der Waals surface area contributed by atoms with Gasteiger partial charge in [0.1, 0.15) is 12.4 Å². The van der Waals surface area contributed by atoms with Crippen molar-refractivity contribution in [3.8, 4) is 17.0 Å². The molecule has 2 aromatic heterocycles. The van der Waals surface area contributed by atoms with Gasteiger partial charge in [-0.2, -0.15) is 0 Å². The lowest BCUT2D eigenvalue weighted by atomic mass is 10.1. The fourth-order valence-electron chi connectivity index (χ4n) is 2.02. The van der Waals surface area contributed by atoms with Gasteiger partial charge in [0.15, 0.2) is 5.65 Å². The van der Waals surface area contributed by atoms with Gasteiger partial charge in [-0.25, -0.2) is 4.98 Å². The molecule has 0 amide bonds. The van der Waals surface area contributed by atoms with Gasteiger partial charge in [-0.05, 0) is 24.3 Å². The number of fused-ring (bicyclic) bond motifs is 1. The zero-order chi connectivity index (χ0) is 13.8. The molecular formula is C15H15N3O2. The predicted octanol–water partition coefficient (Wildman–Crippen LogP) is 2.42. The van der Waals surface area contributed by atoms with E-state index in [2.05, 4.69) is 9.97 Å². The number of benzene rings is 1. The van der Waals surface area contributed by atoms with Crippen LogP contribution in [0.1, 0.15) is 0 Å². The Morgan fingerprint density at radius 3 is 2.75 bits per heavy atom. The summed E-state index contributed by atoms with van der Waals surface area (Å²) in [4.78, 5) is 8.39. The number of hydrogen-bond acceptors (Lipinski definition) is 4. The smallest absolute Gasteiger partial charge is 0.155 e. The van der Waals surface area contributed by atoms with Crippen molar-refractivity contribution in [3.05, 3.63) is 49.1 Å². The van der Waals surface area contributed by atoms with Gasteiger partial charge >= 0.3 is 0 Å². The third-order valence-corrected chi connectivity index (χ3v) is 3.02. The van der Waals surface area contributed by atoms with Gasteiger partial charge in [0.2, 0.25) is 0 Å². The molecule has 0 spiro atoms. The van der Waals surface area contributed by atoms with Gasteiger partial charge < -0.3 is 9.47 Å². The third-order valence-electron chi connectivity index (χ3n) is 3.02. The largest absolute Gasteiger partial charge is 0.491 e. The average molecular weight is 269 g/mol. The highest BCUT2D eigenvalue weighted by Crippen LogP contribution is 2.23. The summed E-state index contributed by atoms with van der Waals surface area (Å²) >= 11 is 0. The Morgan fingerprint density at radius 1 is 1.10 bits per heavy atom. The van der Waals surface area contributed by atoms with E-state index in [9.17, 15) is 0 Å². The Kier molecular flexibility index (Phi) is 3.60. The van der Waals surface area contributed by atoms with E-state index in [4.69, 9.17) is 9.47 Å². The molecule has 2 heterocycles. The van der Waals surface area contributed by atoms with Crippen molar-refractivity contribution >= 4 is 5.65 Å². The molecule has 0 saturated heterocycles. The molecule has 0 aliphatic rings. The van der Waals surface area contributed by atoms with Crippen LogP contribution in [0.3, 0.4) is 0 Å². The lowest BCUT2D eigenvalue weighted by Crippen LogP contribution is -2.03. The average Bonchev–Trinajstić information content (AvgIpc) is 2.92. The van der Waals surface area contributed by atoms with Crippen LogP contribution in [-0.4, -0.2) is 34.7 Å². The van der Waals surface area contributed by atoms with E-state index in [0.29, 0.717) is 13.2 Å². The van der Waals surface area contributed by atoms with Crippen molar-refractivity contribution in [2.24, 2.45) is 0 Å². The monoisotopic (exact) mass is 269 g/mol. The molecule has 5 heteroatoms. The molecule has 0 N–H and O–H groups in total. The van der Waals surface area contributed by atoms with Crippen LogP contribution in [-0.2, 0) is 4.74 Å². The number of ether oxygens (including phenoxy) is 2. The Balaban J connectivity index is 1.84. The molecule has 0 aliphatic carbocycles. The topological polar surface area (TPSA) is 48.7 Å². The summed E-state index contributed by atoms with van der Waals surface area (Å²) in [6, 6.07) is 7.94. The standard InChI is InChI=1S/C15H15N3O2/c1-19-8-9-20-13-4-2-12(3-5-13)14-10-17-15-11-16-6-7-18(14)15/h2-7,10-11H,8-9H2,1H3. The van der Waals surface area contributed by atoms with Gasteiger partial charge in [-0.15, -0.1) is 0 Å². The molecule has 3 rings (SSSR count). The second-order valence-corrected chi connectivity index (χ2v) is 4.31. The summed E-state index contributed by atoms with van der Waals surface area (Å²) in [7, 11) is 1.66. The third kappa shape index (κ3) is 2.48. The summed E-state index contributed by atoms with van der Waals surface area (Å²) in [5, 5.41) is 0. The summed E-state index contributed by atoms with van der Waals surface area (Å²) in [5.41, 5.74) is 2.96. The molecule has 0 bridgehead atoms. The van der Waals surface area contributed by atoms with E-state index in [1.807, 2.05) is 41.1 Å². The summed E-state index contributed by atoms with van der Waals surface area (Å²) < 4.78 is 12.5. The SMILES string of the molecule is COCCOc1ccc(-c2cnc3cnccn23)cc1. The molecule has 0 saturated carbocycles. The van der Waals surface area contributed by atoms with Crippen LogP contribution >= 0.6 is 0 Å².